The normalized spacial score (nSPS) is 10.5. The second-order valence-electron chi connectivity index (χ2n) is 4.99. The van der Waals surface area contributed by atoms with Gasteiger partial charge in [-0.05, 0) is 30.3 Å². The Kier molecular flexibility index (Phi) is 5.20. The van der Waals surface area contributed by atoms with E-state index in [9.17, 15) is 4.79 Å². The van der Waals surface area contributed by atoms with Gasteiger partial charge in [0.05, 0.1) is 19.8 Å². The number of likely N-dealkylation sites (N-methyl/N-ethyl adjacent to an activating group) is 1. The number of hydrogen-bond acceptors (Lipinski definition) is 2. The number of hydrogen-bond donors (Lipinski definition) is 2. The minimum Gasteiger partial charge on any atom is -0.455 e. The maximum atomic E-state index is 11.9. The molecule has 0 aliphatic carbocycles. The van der Waals surface area contributed by atoms with E-state index in [0.717, 1.165) is 4.90 Å². The lowest BCUT2D eigenvalue weighted by molar-refractivity contribution is -0.849. The highest BCUT2D eigenvalue weighted by atomic mass is 35.5. The van der Waals surface area contributed by atoms with Crippen LogP contribution in [0, 0.1) is 0 Å². The third-order valence-electron chi connectivity index (χ3n) is 2.70. The Morgan fingerprint density at radius 3 is 2.57 bits per heavy atom. The second kappa shape index (κ2) is 7.11. The summed E-state index contributed by atoms with van der Waals surface area (Å²) in [7, 11) is 3.83. The number of para-hydroxylation sites is 1. The van der Waals surface area contributed by atoms with Crippen molar-refractivity contribution in [2.75, 3.05) is 26.0 Å². The van der Waals surface area contributed by atoms with Gasteiger partial charge in [-0.3, -0.25) is 4.79 Å². The number of carbonyl (C=O) groups is 1. The number of carbonyl (C=O) groups excluding carboxylic acids is 1. The molecule has 110 valence electrons. The van der Waals surface area contributed by atoms with E-state index in [2.05, 4.69) is 5.32 Å². The summed E-state index contributed by atoms with van der Waals surface area (Å²) in [6.07, 6.45) is 0. The van der Waals surface area contributed by atoms with E-state index in [4.69, 9.17) is 16.3 Å². The molecule has 2 rings (SSSR count). The number of anilines is 1. The predicted octanol–water partition coefficient (Wildman–Crippen LogP) is 2.22. The minimum atomic E-state index is -0.0878. The summed E-state index contributed by atoms with van der Waals surface area (Å²) in [4.78, 5) is 12.9. The number of benzene rings is 2. The second-order valence-corrected chi connectivity index (χ2v) is 5.42. The van der Waals surface area contributed by atoms with Crippen molar-refractivity contribution in [1.82, 2.24) is 0 Å². The van der Waals surface area contributed by atoms with Gasteiger partial charge in [-0.2, -0.15) is 0 Å². The van der Waals surface area contributed by atoms with Gasteiger partial charge in [-0.1, -0.05) is 29.8 Å². The van der Waals surface area contributed by atoms with Crippen molar-refractivity contribution in [3.63, 3.8) is 0 Å². The zero-order valence-corrected chi connectivity index (χ0v) is 12.8. The molecule has 1 amide bonds. The molecule has 0 fully saturated rings. The molecule has 0 atom stereocenters. The Morgan fingerprint density at radius 1 is 1.19 bits per heavy atom. The molecule has 2 aromatic rings. The molecule has 0 heterocycles. The van der Waals surface area contributed by atoms with Crippen molar-refractivity contribution in [2.45, 2.75) is 0 Å². The van der Waals surface area contributed by atoms with Crippen molar-refractivity contribution in [3.8, 4) is 11.5 Å². The Hall–Kier alpha value is -2.04. The van der Waals surface area contributed by atoms with E-state index in [1.165, 1.54) is 0 Å². The zero-order valence-electron chi connectivity index (χ0n) is 12.0. The molecule has 2 N–H and O–H groups in total. The number of ether oxygens (including phenoxy) is 1. The third kappa shape index (κ3) is 4.77. The number of nitrogens with one attached hydrogen (secondary N) is 2. The van der Waals surface area contributed by atoms with Crippen LogP contribution in [-0.2, 0) is 4.79 Å². The third-order valence-corrected chi connectivity index (χ3v) is 2.94. The topological polar surface area (TPSA) is 42.8 Å². The highest BCUT2D eigenvalue weighted by Gasteiger charge is 2.12. The molecular weight excluding hydrogens is 288 g/mol. The summed E-state index contributed by atoms with van der Waals surface area (Å²) in [5.74, 6) is 1.18. The maximum Gasteiger partial charge on any atom is 0.279 e. The molecule has 0 saturated heterocycles. The van der Waals surface area contributed by atoms with E-state index in [1.54, 1.807) is 18.2 Å². The lowest BCUT2D eigenvalue weighted by atomic mass is 10.2. The highest BCUT2D eigenvalue weighted by Crippen LogP contribution is 2.31. The van der Waals surface area contributed by atoms with Gasteiger partial charge in [0.1, 0.15) is 5.75 Å². The van der Waals surface area contributed by atoms with Gasteiger partial charge in [0.2, 0.25) is 0 Å². The molecule has 0 unspecified atom stereocenters. The molecule has 4 nitrogen and oxygen atoms in total. The van der Waals surface area contributed by atoms with Crippen LogP contribution in [0.25, 0.3) is 0 Å². The largest absolute Gasteiger partial charge is 0.455 e. The Morgan fingerprint density at radius 2 is 1.90 bits per heavy atom. The van der Waals surface area contributed by atoms with E-state index in [0.29, 0.717) is 28.8 Å². The van der Waals surface area contributed by atoms with Crippen LogP contribution in [0.2, 0.25) is 5.02 Å². The average Bonchev–Trinajstić information content (AvgIpc) is 2.42. The average molecular weight is 306 g/mol. The molecule has 5 heteroatoms. The van der Waals surface area contributed by atoms with E-state index >= 15 is 0 Å². The molecule has 0 aliphatic heterocycles. The van der Waals surface area contributed by atoms with Crippen LogP contribution in [0.4, 0.5) is 5.69 Å². The van der Waals surface area contributed by atoms with Crippen molar-refractivity contribution in [2.24, 2.45) is 0 Å². The molecule has 0 aliphatic rings. The summed E-state index contributed by atoms with van der Waals surface area (Å²) in [5, 5.41) is 3.38. The minimum absolute atomic E-state index is 0.0878. The fourth-order valence-corrected chi connectivity index (χ4v) is 1.99. The quantitative estimate of drug-likeness (QED) is 0.889. The molecule has 0 saturated carbocycles. The first kappa shape index (κ1) is 15.4. The molecule has 2 aromatic carbocycles. The highest BCUT2D eigenvalue weighted by molar-refractivity contribution is 6.31. The molecule has 0 bridgehead atoms. The number of amides is 1. The summed E-state index contributed by atoms with van der Waals surface area (Å²) in [5.41, 5.74) is 0.567. The first-order chi connectivity index (χ1) is 10.0. The summed E-state index contributed by atoms with van der Waals surface area (Å²) < 4.78 is 5.79. The van der Waals surface area contributed by atoms with Crippen LogP contribution in [0.5, 0.6) is 11.5 Å². The van der Waals surface area contributed by atoms with E-state index in [1.807, 2.05) is 44.4 Å². The fraction of sp³-hybridized carbons (Fsp3) is 0.188. The van der Waals surface area contributed by atoms with Crippen LogP contribution in [0.3, 0.4) is 0 Å². The molecule has 0 aromatic heterocycles. The van der Waals surface area contributed by atoms with E-state index < -0.39 is 0 Å². The van der Waals surface area contributed by atoms with Gasteiger partial charge in [-0.25, -0.2) is 0 Å². The monoisotopic (exact) mass is 305 g/mol. The first-order valence-corrected chi connectivity index (χ1v) is 7.04. The van der Waals surface area contributed by atoms with Gasteiger partial charge in [0.15, 0.2) is 12.3 Å². The lowest BCUT2D eigenvalue weighted by Crippen LogP contribution is -3.06. The van der Waals surface area contributed by atoms with Crippen molar-refractivity contribution in [3.05, 3.63) is 53.6 Å². The van der Waals surface area contributed by atoms with Crippen molar-refractivity contribution in [1.29, 1.82) is 0 Å². The van der Waals surface area contributed by atoms with E-state index in [-0.39, 0.29) is 5.91 Å². The Balaban J connectivity index is 2.19. The summed E-state index contributed by atoms with van der Waals surface area (Å²) >= 11 is 6.00. The summed E-state index contributed by atoms with van der Waals surface area (Å²) in [6, 6.07) is 14.5. The lowest BCUT2D eigenvalue weighted by Gasteiger charge is -2.13. The molecule has 0 spiro atoms. The smallest absolute Gasteiger partial charge is 0.279 e. The number of halogens is 1. The Labute approximate surface area is 129 Å². The van der Waals surface area contributed by atoms with Gasteiger partial charge in [0, 0.05) is 5.02 Å². The summed E-state index contributed by atoms with van der Waals surface area (Å²) in [6.45, 7) is 0.372. The first-order valence-electron chi connectivity index (χ1n) is 6.66. The van der Waals surface area contributed by atoms with Gasteiger partial charge < -0.3 is 15.0 Å². The van der Waals surface area contributed by atoms with Crippen LogP contribution < -0.4 is 15.0 Å². The predicted molar refractivity (Wildman–Crippen MR) is 84.3 cm³/mol. The van der Waals surface area contributed by atoms with Crippen molar-refractivity contribution < 1.29 is 14.4 Å². The standard InChI is InChI=1S/C16H17ClN2O2/c1-19(2)11-16(20)18-14-10-12(17)8-9-15(14)21-13-6-4-3-5-7-13/h3-10H,11H2,1-2H3,(H,18,20)/p+1. The van der Waals surface area contributed by atoms with Crippen LogP contribution >= 0.6 is 11.6 Å². The molecular formula is C16H18ClN2O2+. The SMILES string of the molecule is C[NH+](C)CC(=O)Nc1cc(Cl)ccc1Oc1ccccc1. The van der Waals surface area contributed by atoms with Crippen LogP contribution in [-0.4, -0.2) is 26.5 Å². The van der Waals surface area contributed by atoms with Crippen LogP contribution in [0.15, 0.2) is 48.5 Å². The number of quaternary nitrogens is 1. The zero-order chi connectivity index (χ0) is 15.2. The fourth-order valence-electron chi connectivity index (χ4n) is 1.82. The Bertz CT molecular complexity index is 615. The van der Waals surface area contributed by atoms with Gasteiger partial charge in [0.25, 0.3) is 5.91 Å². The van der Waals surface area contributed by atoms with Crippen LogP contribution in [0.1, 0.15) is 0 Å². The molecule has 21 heavy (non-hydrogen) atoms. The number of rotatable bonds is 5. The maximum absolute atomic E-state index is 11.9. The van der Waals surface area contributed by atoms with Gasteiger partial charge >= 0.3 is 0 Å². The van der Waals surface area contributed by atoms with Crippen molar-refractivity contribution >= 4 is 23.2 Å². The van der Waals surface area contributed by atoms with Gasteiger partial charge in [-0.15, -0.1) is 0 Å². The molecule has 0 radical (unpaired) electrons.